The molecule has 0 saturated carbocycles. The molecular weight excluding hydrogens is 315 g/mol. The Morgan fingerprint density at radius 2 is 2.26 bits per heavy atom. The van der Waals surface area contributed by atoms with E-state index in [1.165, 1.54) is 17.0 Å². The third kappa shape index (κ3) is 3.32. The molecule has 0 atom stereocenters. The first-order chi connectivity index (χ1) is 8.97. The number of anilines is 1. The molecule has 0 radical (unpaired) electrons. The van der Waals surface area contributed by atoms with Crippen molar-refractivity contribution in [3.8, 4) is 0 Å². The van der Waals surface area contributed by atoms with E-state index in [1.807, 2.05) is 0 Å². The van der Waals surface area contributed by atoms with Gasteiger partial charge in [0.15, 0.2) is 0 Å². The van der Waals surface area contributed by atoms with Crippen molar-refractivity contribution in [2.24, 2.45) is 0 Å². The lowest BCUT2D eigenvalue weighted by Crippen LogP contribution is -2.34. The smallest absolute Gasteiger partial charge is 0.244 e. The van der Waals surface area contributed by atoms with Gasteiger partial charge in [-0.15, -0.1) is 0 Å². The Labute approximate surface area is 119 Å². The van der Waals surface area contributed by atoms with Crippen molar-refractivity contribution < 1.29 is 14.0 Å². The molecule has 0 unspecified atom stereocenters. The number of likely N-dealkylation sites (tertiary alicyclic amines) is 1. The highest BCUT2D eigenvalue weighted by Crippen LogP contribution is 2.24. The lowest BCUT2D eigenvalue weighted by molar-refractivity contribution is -0.131. The van der Waals surface area contributed by atoms with E-state index in [4.69, 9.17) is 0 Å². The summed E-state index contributed by atoms with van der Waals surface area (Å²) in [6.45, 7) is 2.39. The predicted octanol–water partition coefficient (Wildman–Crippen LogP) is 2.46. The van der Waals surface area contributed by atoms with Gasteiger partial charge in [0, 0.05) is 18.7 Å². The molecule has 1 heterocycles. The summed E-state index contributed by atoms with van der Waals surface area (Å²) in [5.74, 6) is -0.630. The molecule has 1 fully saturated rings. The summed E-state index contributed by atoms with van der Waals surface area (Å²) >= 11 is 3.08. The first-order valence-corrected chi connectivity index (χ1v) is 6.80. The van der Waals surface area contributed by atoms with Gasteiger partial charge in [-0.3, -0.25) is 9.59 Å². The van der Waals surface area contributed by atoms with Gasteiger partial charge >= 0.3 is 0 Å². The third-order valence-electron chi connectivity index (χ3n) is 3.05. The fraction of sp³-hybridized carbons (Fsp3) is 0.385. The standard InChI is InChI=1S/C13H14BrFN2O2/c1-8-5-10(15)9(14)6-11(8)16-12(18)7-17-4-2-3-13(17)19/h5-6H,2-4,7H2,1H3,(H,16,18). The number of hydrogen-bond donors (Lipinski definition) is 1. The zero-order valence-corrected chi connectivity index (χ0v) is 12.1. The van der Waals surface area contributed by atoms with Gasteiger partial charge in [0.1, 0.15) is 5.82 Å². The Morgan fingerprint density at radius 3 is 2.89 bits per heavy atom. The van der Waals surface area contributed by atoms with Crippen LogP contribution in [0.4, 0.5) is 10.1 Å². The number of aryl methyl sites for hydroxylation is 1. The summed E-state index contributed by atoms with van der Waals surface area (Å²) in [6.07, 6.45) is 1.31. The first kappa shape index (κ1) is 14.0. The van der Waals surface area contributed by atoms with Crippen molar-refractivity contribution in [3.05, 3.63) is 28.0 Å². The van der Waals surface area contributed by atoms with E-state index in [9.17, 15) is 14.0 Å². The number of nitrogens with zero attached hydrogens (tertiary/aromatic N) is 1. The zero-order chi connectivity index (χ0) is 14.0. The van der Waals surface area contributed by atoms with Crippen LogP contribution in [-0.2, 0) is 9.59 Å². The molecule has 0 aromatic heterocycles. The number of benzene rings is 1. The van der Waals surface area contributed by atoms with Crippen molar-refractivity contribution in [2.75, 3.05) is 18.4 Å². The Balaban J connectivity index is 2.02. The van der Waals surface area contributed by atoms with Crippen LogP contribution in [0.5, 0.6) is 0 Å². The first-order valence-electron chi connectivity index (χ1n) is 6.00. The van der Waals surface area contributed by atoms with E-state index in [0.29, 0.717) is 28.7 Å². The van der Waals surface area contributed by atoms with Crippen molar-refractivity contribution in [3.63, 3.8) is 0 Å². The number of hydrogen-bond acceptors (Lipinski definition) is 2. The van der Waals surface area contributed by atoms with Gasteiger partial charge in [-0.1, -0.05) is 0 Å². The topological polar surface area (TPSA) is 49.4 Å². The van der Waals surface area contributed by atoms with Crippen molar-refractivity contribution in [1.82, 2.24) is 4.90 Å². The van der Waals surface area contributed by atoms with Gasteiger partial charge in [-0.2, -0.15) is 0 Å². The third-order valence-corrected chi connectivity index (χ3v) is 3.65. The van der Waals surface area contributed by atoms with Crippen molar-refractivity contribution in [1.29, 1.82) is 0 Å². The molecule has 0 aliphatic carbocycles. The Hall–Kier alpha value is -1.43. The lowest BCUT2D eigenvalue weighted by atomic mass is 10.2. The van der Waals surface area contributed by atoms with E-state index in [-0.39, 0.29) is 24.2 Å². The lowest BCUT2D eigenvalue weighted by Gasteiger charge is -2.16. The summed E-state index contributed by atoms with van der Waals surface area (Å²) in [5, 5.41) is 2.70. The molecule has 6 heteroatoms. The van der Waals surface area contributed by atoms with Crippen LogP contribution in [0, 0.1) is 12.7 Å². The van der Waals surface area contributed by atoms with Crippen LogP contribution in [0.2, 0.25) is 0 Å². The zero-order valence-electron chi connectivity index (χ0n) is 10.5. The van der Waals surface area contributed by atoms with E-state index in [1.54, 1.807) is 6.92 Å². The molecular formula is C13H14BrFN2O2. The predicted molar refractivity (Wildman–Crippen MR) is 73.3 cm³/mol. The maximum atomic E-state index is 13.3. The molecule has 0 spiro atoms. The van der Waals surface area contributed by atoms with Crippen LogP contribution in [0.3, 0.4) is 0 Å². The minimum atomic E-state index is -0.370. The Morgan fingerprint density at radius 1 is 1.53 bits per heavy atom. The minimum absolute atomic E-state index is 0.00663. The maximum absolute atomic E-state index is 13.3. The fourth-order valence-corrected chi connectivity index (χ4v) is 2.36. The number of halogens is 2. The summed E-state index contributed by atoms with van der Waals surface area (Å²) < 4.78 is 13.6. The van der Waals surface area contributed by atoms with Crippen LogP contribution in [0.15, 0.2) is 16.6 Å². The Kier molecular flexibility index (Phi) is 4.19. The average Bonchev–Trinajstić information content (AvgIpc) is 2.72. The average molecular weight is 329 g/mol. The normalized spacial score (nSPS) is 14.9. The molecule has 1 aliphatic heterocycles. The second kappa shape index (κ2) is 5.69. The number of carbonyl (C=O) groups is 2. The van der Waals surface area contributed by atoms with Gasteiger partial charge in [0.25, 0.3) is 0 Å². The van der Waals surface area contributed by atoms with E-state index >= 15 is 0 Å². The summed E-state index contributed by atoms with van der Waals surface area (Å²) in [7, 11) is 0. The molecule has 0 bridgehead atoms. The minimum Gasteiger partial charge on any atom is -0.333 e. The van der Waals surface area contributed by atoms with Crippen LogP contribution < -0.4 is 5.32 Å². The van der Waals surface area contributed by atoms with Gasteiger partial charge in [-0.05, 0) is 47.0 Å². The van der Waals surface area contributed by atoms with Crippen molar-refractivity contribution >= 4 is 33.4 Å². The van der Waals surface area contributed by atoms with E-state index in [0.717, 1.165) is 6.42 Å². The number of carbonyl (C=O) groups excluding carboxylic acids is 2. The largest absolute Gasteiger partial charge is 0.333 e. The highest BCUT2D eigenvalue weighted by molar-refractivity contribution is 9.10. The van der Waals surface area contributed by atoms with Crippen molar-refractivity contribution in [2.45, 2.75) is 19.8 Å². The molecule has 4 nitrogen and oxygen atoms in total. The highest BCUT2D eigenvalue weighted by atomic mass is 79.9. The molecule has 19 heavy (non-hydrogen) atoms. The number of amides is 2. The van der Waals surface area contributed by atoms with Crippen LogP contribution in [0.1, 0.15) is 18.4 Å². The van der Waals surface area contributed by atoms with E-state index in [2.05, 4.69) is 21.2 Å². The summed E-state index contributed by atoms with van der Waals surface area (Å²) in [5.41, 5.74) is 1.19. The monoisotopic (exact) mass is 328 g/mol. The SMILES string of the molecule is Cc1cc(F)c(Br)cc1NC(=O)CN1CCCC1=O. The number of nitrogens with one attached hydrogen (secondary N) is 1. The second-order valence-corrected chi connectivity index (χ2v) is 5.40. The molecule has 2 amide bonds. The molecule has 1 aromatic rings. The summed E-state index contributed by atoms with van der Waals surface area (Å²) in [4.78, 5) is 24.8. The van der Waals surface area contributed by atoms with Gasteiger partial charge < -0.3 is 10.2 Å². The highest BCUT2D eigenvalue weighted by Gasteiger charge is 2.22. The van der Waals surface area contributed by atoms with Crippen LogP contribution in [-0.4, -0.2) is 29.8 Å². The second-order valence-electron chi connectivity index (χ2n) is 4.55. The van der Waals surface area contributed by atoms with E-state index < -0.39 is 0 Å². The molecule has 2 rings (SSSR count). The summed E-state index contributed by atoms with van der Waals surface area (Å²) in [6, 6.07) is 2.87. The molecule has 1 aromatic carbocycles. The number of rotatable bonds is 3. The molecule has 102 valence electrons. The Bertz CT molecular complexity index is 534. The molecule has 1 aliphatic rings. The molecule has 1 saturated heterocycles. The van der Waals surface area contributed by atoms with Gasteiger partial charge in [-0.25, -0.2) is 4.39 Å². The fourth-order valence-electron chi connectivity index (χ4n) is 2.02. The van der Waals surface area contributed by atoms with Crippen LogP contribution in [0.25, 0.3) is 0 Å². The molecule has 1 N–H and O–H groups in total. The van der Waals surface area contributed by atoms with Gasteiger partial charge in [0.2, 0.25) is 11.8 Å². The maximum Gasteiger partial charge on any atom is 0.244 e. The van der Waals surface area contributed by atoms with Gasteiger partial charge in [0.05, 0.1) is 11.0 Å². The quantitative estimate of drug-likeness (QED) is 0.926. The van der Waals surface area contributed by atoms with Crippen LogP contribution >= 0.6 is 15.9 Å².